The fourth-order valence-electron chi connectivity index (χ4n) is 2.88. The molecule has 1 aliphatic rings. The van der Waals surface area contributed by atoms with Crippen LogP contribution in [0.3, 0.4) is 0 Å². The summed E-state index contributed by atoms with van der Waals surface area (Å²) >= 11 is 0. The first kappa shape index (κ1) is 17.5. The topological polar surface area (TPSA) is 122 Å². The lowest BCUT2D eigenvalue weighted by Crippen LogP contribution is -2.38. The molecule has 4 rings (SSSR count). The first-order valence-corrected chi connectivity index (χ1v) is 8.28. The van der Waals surface area contributed by atoms with E-state index in [-0.39, 0.29) is 24.5 Å². The molecule has 0 atom stereocenters. The number of carbonyl (C=O) groups is 1. The first-order chi connectivity index (χ1) is 13.5. The number of nitrogens with one attached hydrogen (secondary N) is 1. The summed E-state index contributed by atoms with van der Waals surface area (Å²) in [6.45, 7) is -0.000982. The number of hydrazone groups is 1. The van der Waals surface area contributed by atoms with Crippen molar-refractivity contribution >= 4 is 23.3 Å². The van der Waals surface area contributed by atoms with Crippen molar-refractivity contribution in [1.82, 2.24) is 24.1 Å². The van der Waals surface area contributed by atoms with E-state index in [9.17, 15) is 14.4 Å². The second kappa shape index (κ2) is 6.68. The van der Waals surface area contributed by atoms with Gasteiger partial charge in [-0.3, -0.25) is 18.7 Å². The van der Waals surface area contributed by atoms with Crippen LogP contribution in [0.25, 0.3) is 11.2 Å². The molecule has 0 radical (unpaired) electrons. The highest BCUT2D eigenvalue weighted by molar-refractivity contribution is 5.84. The zero-order chi connectivity index (χ0) is 19.8. The number of aryl methyl sites for hydroxylation is 1. The van der Waals surface area contributed by atoms with Crippen LogP contribution in [0.15, 0.2) is 39.2 Å². The van der Waals surface area contributed by atoms with E-state index < -0.39 is 17.2 Å². The van der Waals surface area contributed by atoms with Crippen molar-refractivity contribution < 1.29 is 14.3 Å². The maximum Gasteiger partial charge on any atom is 0.332 e. The molecule has 0 saturated heterocycles. The SMILES string of the molecule is Cn1c(=O)c2c(ncn2CC(=O)N/N=C/c2ccc3c(c2)OCO3)n(C)c1=O. The molecule has 0 unspecified atom stereocenters. The van der Waals surface area contributed by atoms with Gasteiger partial charge in [0.05, 0.1) is 12.5 Å². The van der Waals surface area contributed by atoms with Crippen LogP contribution >= 0.6 is 0 Å². The lowest BCUT2D eigenvalue weighted by atomic mass is 10.2. The van der Waals surface area contributed by atoms with Crippen LogP contribution in [0.2, 0.25) is 0 Å². The summed E-state index contributed by atoms with van der Waals surface area (Å²) in [6, 6.07) is 5.27. The summed E-state index contributed by atoms with van der Waals surface area (Å²) in [5.74, 6) is 0.818. The molecule has 0 spiro atoms. The number of carbonyl (C=O) groups excluding carboxylic acids is 1. The Hall–Kier alpha value is -3.89. The summed E-state index contributed by atoms with van der Waals surface area (Å²) in [4.78, 5) is 40.6. The van der Waals surface area contributed by atoms with Gasteiger partial charge in [-0.2, -0.15) is 5.10 Å². The van der Waals surface area contributed by atoms with Gasteiger partial charge in [0, 0.05) is 14.1 Å². The third-order valence-electron chi connectivity index (χ3n) is 4.33. The van der Waals surface area contributed by atoms with Crippen molar-refractivity contribution in [3.63, 3.8) is 0 Å². The number of amides is 1. The smallest absolute Gasteiger partial charge is 0.332 e. The second-order valence-corrected chi connectivity index (χ2v) is 6.16. The van der Waals surface area contributed by atoms with E-state index in [1.54, 1.807) is 18.2 Å². The molecule has 0 aliphatic carbocycles. The van der Waals surface area contributed by atoms with Crippen LogP contribution in [0.1, 0.15) is 5.56 Å². The zero-order valence-electron chi connectivity index (χ0n) is 15.1. The van der Waals surface area contributed by atoms with E-state index >= 15 is 0 Å². The van der Waals surface area contributed by atoms with Gasteiger partial charge in [-0.25, -0.2) is 15.2 Å². The molecule has 0 saturated carbocycles. The van der Waals surface area contributed by atoms with Crippen molar-refractivity contribution in [2.45, 2.75) is 6.54 Å². The van der Waals surface area contributed by atoms with E-state index in [1.807, 2.05) is 0 Å². The second-order valence-electron chi connectivity index (χ2n) is 6.16. The summed E-state index contributed by atoms with van der Waals surface area (Å²) in [5.41, 5.74) is 2.49. The molecule has 144 valence electrons. The fourth-order valence-corrected chi connectivity index (χ4v) is 2.88. The third kappa shape index (κ3) is 2.92. The number of imidazole rings is 1. The molecule has 2 aromatic heterocycles. The Bertz CT molecular complexity index is 1240. The van der Waals surface area contributed by atoms with Gasteiger partial charge in [-0.05, 0) is 23.8 Å². The Morgan fingerprint density at radius 2 is 2.04 bits per heavy atom. The van der Waals surface area contributed by atoms with Crippen LogP contribution in [0.5, 0.6) is 11.5 Å². The lowest BCUT2D eigenvalue weighted by Gasteiger charge is -2.06. The van der Waals surface area contributed by atoms with Gasteiger partial charge >= 0.3 is 5.69 Å². The highest BCUT2D eigenvalue weighted by Crippen LogP contribution is 2.31. The number of benzene rings is 1. The first-order valence-electron chi connectivity index (χ1n) is 8.28. The predicted octanol–water partition coefficient (Wildman–Crippen LogP) is -0.687. The predicted molar refractivity (Wildman–Crippen MR) is 98.5 cm³/mol. The maximum atomic E-state index is 12.4. The lowest BCUT2D eigenvalue weighted by molar-refractivity contribution is -0.121. The zero-order valence-corrected chi connectivity index (χ0v) is 15.1. The molecule has 3 heterocycles. The Labute approximate surface area is 157 Å². The highest BCUT2D eigenvalue weighted by atomic mass is 16.7. The number of nitrogens with zero attached hydrogens (tertiary/aromatic N) is 5. The number of rotatable bonds is 4. The number of aromatic nitrogens is 4. The van der Waals surface area contributed by atoms with E-state index in [4.69, 9.17) is 9.47 Å². The van der Waals surface area contributed by atoms with Crippen LogP contribution in [-0.4, -0.2) is 37.6 Å². The van der Waals surface area contributed by atoms with Gasteiger partial charge in [0.15, 0.2) is 22.7 Å². The van der Waals surface area contributed by atoms with E-state index in [0.717, 1.165) is 10.1 Å². The van der Waals surface area contributed by atoms with Gasteiger partial charge in [0.1, 0.15) is 6.54 Å². The molecule has 3 aromatic rings. The minimum Gasteiger partial charge on any atom is -0.454 e. The van der Waals surface area contributed by atoms with E-state index in [1.165, 1.54) is 35.8 Å². The van der Waals surface area contributed by atoms with Crippen LogP contribution < -0.4 is 26.1 Å². The summed E-state index contributed by atoms with van der Waals surface area (Å²) < 4.78 is 14.1. The molecular formula is C17H16N6O5. The van der Waals surface area contributed by atoms with Gasteiger partial charge in [-0.15, -0.1) is 0 Å². The fraction of sp³-hybridized carbons (Fsp3) is 0.235. The van der Waals surface area contributed by atoms with Crippen molar-refractivity contribution in [3.05, 3.63) is 50.9 Å². The molecule has 28 heavy (non-hydrogen) atoms. The molecule has 0 bridgehead atoms. The molecule has 1 aromatic carbocycles. The molecule has 11 nitrogen and oxygen atoms in total. The van der Waals surface area contributed by atoms with E-state index in [0.29, 0.717) is 11.5 Å². The standard InChI is InChI=1S/C17H16N6O5/c1-21-15-14(16(25)22(2)17(21)26)23(8-18-15)7-13(24)20-19-6-10-3-4-11-12(5-10)28-9-27-11/h3-6,8H,7,9H2,1-2H3,(H,20,24)/b19-6+. The van der Waals surface area contributed by atoms with Gasteiger partial charge in [0.2, 0.25) is 6.79 Å². The third-order valence-corrected chi connectivity index (χ3v) is 4.33. The van der Waals surface area contributed by atoms with Crippen LogP contribution in [0.4, 0.5) is 0 Å². The number of hydrogen-bond acceptors (Lipinski definition) is 7. The molecule has 1 aliphatic heterocycles. The van der Waals surface area contributed by atoms with Crippen molar-refractivity contribution in [2.75, 3.05) is 6.79 Å². The van der Waals surface area contributed by atoms with E-state index in [2.05, 4.69) is 15.5 Å². The quantitative estimate of drug-likeness (QED) is 0.470. The number of hydrogen-bond donors (Lipinski definition) is 1. The largest absolute Gasteiger partial charge is 0.454 e. The van der Waals surface area contributed by atoms with Gasteiger partial charge in [0.25, 0.3) is 11.5 Å². The van der Waals surface area contributed by atoms with Gasteiger partial charge in [-0.1, -0.05) is 0 Å². The summed E-state index contributed by atoms with van der Waals surface area (Å²) in [7, 11) is 2.88. The van der Waals surface area contributed by atoms with Crippen molar-refractivity contribution in [1.29, 1.82) is 0 Å². The molecular weight excluding hydrogens is 368 g/mol. The van der Waals surface area contributed by atoms with Crippen LogP contribution in [0, 0.1) is 0 Å². The summed E-state index contributed by atoms with van der Waals surface area (Å²) in [6.07, 6.45) is 2.81. The van der Waals surface area contributed by atoms with Crippen molar-refractivity contribution in [3.8, 4) is 11.5 Å². The van der Waals surface area contributed by atoms with Crippen molar-refractivity contribution in [2.24, 2.45) is 19.2 Å². The highest BCUT2D eigenvalue weighted by Gasteiger charge is 2.16. The maximum absolute atomic E-state index is 12.4. The average molecular weight is 384 g/mol. The minimum absolute atomic E-state index is 0.166. The molecule has 1 N–H and O–H groups in total. The normalized spacial score (nSPS) is 12.8. The molecule has 0 fully saturated rings. The Morgan fingerprint density at radius 1 is 1.25 bits per heavy atom. The molecule has 11 heteroatoms. The number of ether oxygens (including phenoxy) is 2. The minimum atomic E-state index is -0.521. The Morgan fingerprint density at radius 3 is 2.86 bits per heavy atom. The monoisotopic (exact) mass is 384 g/mol. The van der Waals surface area contributed by atoms with Crippen LogP contribution in [-0.2, 0) is 25.4 Å². The average Bonchev–Trinajstić information content (AvgIpc) is 3.31. The molecule has 1 amide bonds. The summed E-state index contributed by atoms with van der Waals surface area (Å²) in [5, 5.41) is 3.91. The number of fused-ring (bicyclic) bond motifs is 2. The Kier molecular flexibility index (Phi) is 4.18. The van der Waals surface area contributed by atoms with Gasteiger partial charge < -0.3 is 14.0 Å². The Balaban J connectivity index is 1.50.